The topological polar surface area (TPSA) is 86.0 Å². The largest absolute Gasteiger partial charge is 0.459 e. The van der Waals surface area contributed by atoms with E-state index in [1.807, 2.05) is 4.68 Å². The molecule has 3 aromatic rings. The maximum atomic E-state index is 5.68. The molecule has 0 N–H and O–H groups in total. The van der Waals surface area contributed by atoms with Gasteiger partial charge < -0.3 is 8.83 Å². The van der Waals surface area contributed by atoms with Crippen molar-refractivity contribution in [2.24, 2.45) is 0 Å². The Kier molecular flexibility index (Phi) is 3.43. The Morgan fingerprint density at radius 1 is 1.32 bits per heavy atom. The molecule has 0 aromatic carbocycles. The van der Waals surface area contributed by atoms with E-state index >= 15 is 0 Å². The molecule has 1 saturated heterocycles. The van der Waals surface area contributed by atoms with Gasteiger partial charge in [-0.25, -0.2) is 4.98 Å². The van der Waals surface area contributed by atoms with Gasteiger partial charge in [0.1, 0.15) is 12.7 Å². The molecule has 0 radical (unpaired) electrons. The molecular weight excluding hydrogens is 284 g/mol. The van der Waals surface area contributed by atoms with Gasteiger partial charge in [0, 0.05) is 6.04 Å². The smallest absolute Gasteiger partial charge is 0.283 e. The summed E-state index contributed by atoms with van der Waals surface area (Å²) in [5, 5.41) is 12.3. The Morgan fingerprint density at radius 2 is 2.32 bits per heavy atom. The Labute approximate surface area is 126 Å². The minimum Gasteiger partial charge on any atom is -0.459 e. The molecule has 0 aliphatic carbocycles. The van der Waals surface area contributed by atoms with Crippen LogP contribution in [0.15, 0.2) is 39.9 Å². The van der Waals surface area contributed by atoms with Crippen molar-refractivity contribution in [2.45, 2.75) is 32.0 Å². The van der Waals surface area contributed by atoms with E-state index in [1.165, 1.54) is 6.42 Å². The zero-order valence-electron chi connectivity index (χ0n) is 12.0. The van der Waals surface area contributed by atoms with Crippen molar-refractivity contribution in [3.8, 4) is 11.7 Å². The van der Waals surface area contributed by atoms with Crippen molar-refractivity contribution in [1.29, 1.82) is 0 Å². The summed E-state index contributed by atoms with van der Waals surface area (Å²) in [6, 6.07) is 4.02. The fourth-order valence-corrected chi connectivity index (χ4v) is 2.84. The van der Waals surface area contributed by atoms with Gasteiger partial charge in [-0.15, -0.1) is 10.2 Å². The molecule has 114 valence electrons. The molecule has 1 atom stereocenters. The number of likely N-dealkylation sites (tertiary alicyclic amines) is 1. The van der Waals surface area contributed by atoms with Crippen LogP contribution in [0, 0.1) is 0 Å². The fraction of sp³-hybridized carbons (Fsp3) is 0.429. The van der Waals surface area contributed by atoms with Gasteiger partial charge in [0.2, 0.25) is 5.89 Å². The third-order valence-electron chi connectivity index (χ3n) is 3.90. The molecule has 0 unspecified atom stereocenters. The SMILES string of the molecule is c1coc(-c2nnc(CN3CCC[C@@H]3Cn3cncn3)o2)c1. The highest BCUT2D eigenvalue weighted by atomic mass is 16.4. The predicted octanol–water partition coefficient (Wildman–Crippen LogP) is 1.59. The molecule has 1 aliphatic heterocycles. The average Bonchev–Trinajstić information content (AvgIpc) is 3.28. The molecule has 1 aliphatic rings. The molecule has 22 heavy (non-hydrogen) atoms. The van der Waals surface area contributed by atoms with E-state index in [9.17, 15) is 0 Å². The van der Waals surface area contributed by atoms with Crippen LogP contribution in [0.25, 0.3) is 11.7 Å². The van der Waals surface area contributed by atoms with E-state index in [0.717, 1.165) is 19.5 Å². The fourth-order valence-electron chi connectivity index (χ4n) is 2.84. The Balaban J connectivity index is 1.44. The first-order chi connectivity index (χ1) is 10.9. The summed E-state index contributed by atoms with van der Waals surface area (Å²) < 4.78 is 12.8. The lowest BCUT2D eigenvalue weighted by Gasteiger charge is -2.22. The second-order valence-corrected chi connectivity index (χ2v) is 5.36. The minimum atomic E-state index is 0.417. The number of hydrogen-bond donors (Lipinski definition) is 0. The molecule has 0 bridgehead atoms. The zero-order valence-corrected chi connectivity index (χ0v) is 12.0. The quantitative estimate of drug-likeness (QED) is 0.707. The van der Waals surface area contributed by atoms with Crippen molar-refractivity contribution >= 4 is 0 Å². The van der Waals surface area contributed by atoms with Gasteiger partial charge in [-0.1, -0.05) is 0 Å². The molecule has 1 fully saturated rings. The standard InChI is InChI=1S/C14H16N6O2/c1-3-11(7-20-10-15-9-16-20)19(5-1)8-13-17-18-14(22-13)12-4-2-6-21-12/h2,4,6,9-11H,1,3,5,7-8H2/t11-/m1/s1. The molecule has 8 heteroatoms. The van der Waals surface area contributed by atoms with Crippen LogP contribution in [0.3, 0.4) is 0 Å². The van der Waals surface area contributed by atoms with Crippen LogP contribution in [-0.4, -0.2) is 42.4 Å². The number of furan rings is 1. The normalized spacial score (nSPS) is 19.0. The van der Waals surface area contributed by atoms with E-state index < -0.39 is 0 Å². The number of rotatable bonds is 5. The van der Waals surface area contributed by atoms with Gasteiger partial charge in [0.05, 0.1) is 19.4 Å². The van der Waals surface area contributed by atoms with Crippen LogP contribution in [0.5, 0.6) is 0 Å². The maximum Gasteiger partial charge on any atom is 0.283 e. The Bertz CT molecular complexity index is 706. The maximum absolute atomic E-state index is 5.68. The van der Waals surface area contributed by atoms with Crippen molar-refractivity contribution in [1.82, 2.24) is 29.9 Å². The minimum absolute atomic E-state index is 0.417. The van der Waals surface area contributed by atoms with Crippen LogP contribution in [0.2, 0.25) is 0 Å². The highest BCUT2D eigenvalue weighted by Gasteiger charge is 2.27. The lowest BCUT2D eigenvalue weighted by atomic mass is 10.2. The highest BCUT2D eigenvalue weighted by molar-refractivity contribution is 5.42. The van der Waals surface area contributed by atoms with Crippen LogP contribution in [0.4, 0.5) is 0 Å². The van der Waals surface area contributed by atoms with E-state index in [0.29, 0.717) is 30.1 Å². The molecular formula is C14H16N6O2. The summed E-state index contributed by atoms with van der Waals surface area (Å²) in [6.07, 6.45) is 7.20. The number of hydrogen-bond acceptors (Lipinski definition) is 7. The monoisotopic (exact) mass is 300 g/mol. The van der Waals surface area contributed by atoms with Gasteiger partial charge in [-0.3, -0.25) is 9.58 Å². The average molecular weight is 300 g/mol. The van der Waals surface area contributed by atoms with Crippen molar-refractivity contribution in [3.05, 3.63) is 36.9 Å². The summed E-state index contributed by atoms with van der Waals surface area (Å²) in [4.78, 5) is 6.34. The van der Waals surface area contributed by atoms with E-state index in [4.69, 9.17) is 8.83 Å². The Hall–Kier alpha value is -2.48. The lowest BCUT2D eigenvalue weighted by Crippen LogP contribution is -2.32. The Morgan fingerprint density at radius 3 is 3.14 bits per heavy atom. The summed E-state index contributed by atoms with van der Waals surface area (Å²) in [5.74, 6) is 1.63. The number of nitrogens with zero attached hydrogens (tertiary/aromatic N) is 6. The molecule has 0 saturated carbocycles. The second-order valence-electron chi connectivity index (χ2n) is 5.36. The third-order valence-corrected chi connectivity index (χ3v) is 3.90. The first kappa shape index (κ1) is 13.2. The molecule has 8 nitrogen and oxygen atoms in total. The van der Waals surface area contributed by atoms with Gasteiger partial charge in [0.15, 0.2) is 5.76 Å². The van der Waals surface area contributed by atoms with Crippen LogP contribution >= 0.6 is 0 Å². The molecule has 0 spiro atoms. The third kappa shape index (κ3) is 2.64. The predicted molar refractivity (Wildman–Crippen MR) is 75.5 cm³/mol. The van der Waals surface area contributed by atoms with Gasteiger partial charge in [0.25, 0.3) is 5.89 Å². The van der Waals surface area contributed by atoms with Crippen LogP contribution in [0.1, 0.15) is 18.7 Å². The summed E-state index contributed by atoms with van der Waals surface area (Å²) in [7, 11) is 0. The van der Waals surface area contributed by atoms with Gasteiger partial charge in [-0.05, 0) is 31.5 Å². The van der Waals surface area contributed by atoms with E-state index in [1.54, 1.807) is 31.1 Å². The van der Waals surface area contributed by atoms with E-state index in [-0.39, 0.29) is 0 Å². The van der Waals surface area contributed by atoms with Crippen LogP contribution < -0.4 is 0 Å². The van der Waals surface area contributed by atoms with Gasteiger partial charge >= 0.3 is 0 Å². The molecule has 4 heterocycles. The van der Waals surface area contributed by atoms with Crippen molar-refractivity contribution in [2.75, 3.05) is 6.54 Å². The zero-order chi connectivity index (χ0) is 14.8. The highest BCUT2D eigenvalue weighted by Crippen LogP contribution is 2.23. The second kappa shape index (κ2) is 5.72. The summed E-state index contributed by atoms with van der Waals surface area (Å²) in [5.41, 5.74) is 0. The van der Waals surface area contributed by atoms with Crippen molar-refractivity contribution < 1.29 is 8.83 Å². The summed E-state index contributed by atoms with van der Waals surface area (Å²) in [6.45, 7) is 2.50. The van der Waals surface area contributed by atoms with Gasteiger partial charge in [-0.2, -0.15) is 5.10 Å². The first-order valence-electron chi connectivity index (χ1n) is 7.31. The van der Waals surface area contributed by atoms with E-state index in [2.05, 4.69) is 25.2 Å². The van der Waals surface area contributed by atoms with Crippen molar-refractivity contribution in [3.63, 3.8) is 0 Å². The summed E-state index contributed by atoms with van der Waals surface area (Å²) >= 11 is 0. The molecule has 4 rings (SSSR count). The molecule has 3 aromatic heterocycles. The molecule has 0 amide bonds. The first-order valence-corrected chi connectivity index (χ1v) is 7.31. The number of aromatic nitrogens is 5. The van der Waals surface area contributed by atoms with Crippen LogP contribution in [-0.2, 0) is 13.1 Å². The lowest BCUT2D eigenvalue weighted by molar-refractivity contribution is 0.200.